The Morgan fingerprint density at radius 3 is 2.52 bits per heavy atom. The molecule has 1 aromatic carbocycles. The topological polar surface area (TPSA) is 28.5 Å². The molecule has 3 rings (SSSR count). The minimum absolute atomic E-state index is 1.06. The van der Waals surface area contributed by atoms with Crippen molar-refractivity contribution in [3.8, 4) is 10.6 Å². The van der Waals surface area contributed by atoms with Gasteiger partial charge in [-0.3, -0.25) is 4.99 Å². The second kappa shape index (κ2) is 5.11. The first-order valence-corrected chi connectivity index (χ1v) is 7.78. The normalized spacial score (nSPS) is 12.3. The van der Waals surface area contributed by atoms with Crippen LogP contribution in [0.25, 0.3) is 20.8 Å². The fraction of sp³-hybridized carbons (Fsp3) is 0.294. The molecule has 0 spiro atoms. The SMILES string of the molecule is CN=c1cc2sc3cc(N(C)C)ccc3nc-2c(C)c1C. The van der Waals surface area contributed by atoms with Gasteiger partial charge in [0.05, 0.1) is 26.1 Å². The van der Waals surface area contributed by atoms with Gasteiger partial charge >= 0.3 is 0 Å². The number of rotatable bonds is 1. The number of anilines is 1. The molecule has 2 aliphatic rings. The standard InChI is InChI=1S/C17H19N3S/c1-10-11(2)17-16(9-14(10)18-3)21-15-8-12(20(4)5)6-7-13(15)19-17/h6-9H,1-5H3. The number of hydrogen-bond acceptors (Lipinski definition) is 4. The molecule has 4 heteroatoms. The van der Waals surface area contributed by atoms with E-state index >= 15 is 0 Å². The van der Waals surface area contributed by atoms with Crippen LogP contribution in [0.4, 0.5) is 5.69 Å². The van der Waals surface area contributed by atoms with Crippen molar-refractivity contribution in [2.24, 2.45) is 4.99 Å². The lowest BCUT2D eigenvalue weighted by Gasteiger charge is -2.15. The minimum atomic E-state index is 1.06. The van der Waals surface area contributed by atoms with Gasteiger partial charge in [0.1, 0.15) is 0 Å². The molecule has 0 N–H and O–H groups in total. The molecule has 1 aliphatic carbocycles. The summed E-state index contributed by atoms with van der Waals surface area (Å²) >= 11 is 1.79. The van der Waals surface area contributed by atoms with Gasteiger partial charge in [-0.1, -0.05) is 0 Å². The van der Waals surface area contributed by atoms with Gasteiger partial charge in [0.25, 0.3) is 0 Å². The van der Waals surface area contributed by atoms with Crippen LogP contribution >= 0.6 is 11.3 Å². The molecular formula is C17H19N3S. The fourth-order valence-electron chi connectivity index (χ4n) is 2.50. The average molecular weight is 297 g/mol. The summed E-state index contributed by atoms with van der Waals surface area (Å²) in [5.41, 5.74) is 5.79. The van der Waals surface area contributed by atoms with E-state index in [4.69, 9.17) is 4.98 Å². The minimum Gasteiger partial charge on any atom is -0.378 e. The molecule has 3 nitrogen and oxygen atoms in total. The van der Waals surface area contributed by atoms with Gasteiger partial charge < -0.3 is 4.90 Å². The Morgan fingerprint density at radius 1 is 1.10 bits per heavy atom. The van der Waals surface area contributed by atoms with Crippen molar-refractivity contribution in [2.45, 2.75) is 13.8 Å². The summed E-state index contributed by atoms with van der Waals surface area (Å²) in [7, 11) is 5.96. The van der Waals surface area contributed by atoms with Gasteiger partial charge in [0, 0.05) is 26.8 Å². The first-order valence-electron chi connectivity index (χ1n) is 6.96. The molecule has 0 amide bonds. The Bertz CT molecular complexity index is 862. The predicted octanol–water partition coefficient (Wildman–Crippen LogP) is 3.61. The van der Waals surface area contributed by atoms with Crippen molar-refractivity contribution in [1.82, 2.24) is 4.98 Å². The number of hydrogen-bond donors (Lipinski definition) is 0. The lowest BCUT2D eigenvalue weighted by Crippen LogP contribution is -2.11. The Hall–Kier alpha value is -1.94. The largest absolute Gasteiger partial charge is 0.378 e. The number of benzene rings is 2. The quantitative estimate of drug-likeness (QED) is 0.642. The third kappa shape index (κ3) is 2.29. The Kier molecular flexibility index (Phi) is 3.41. The van der Waals surface area contributed by atoms with Crippen molar-refractivity contribution in [3.05, 3.63) is 40.7 Å². The highest BCUT2D eigenvalue weighted by molar-refractivity contribution is 7.21. The van der Waals surface area contributed by atoms with Crippen molar-refractivity contribution in [1.29, 1.82) is 0 Å². The van der Waals surface area contributed by atoms with Gasteiger partial charge in [-0.25, -0.2) is 4.98 Å². The molecular weight excluding hydrogens is 278 g/mol. The number of fused-ring (bicyclic) bond motifs is 2. The van der Waals surface area contributed by atoms with Crippen molar-refractivity contribution < 1.29 is 0 Å². The Labute approximate surface area is 128 Å². The summed E-state index contributed by atoms with van der Waals surface area (Å²) in [6.07, 6.45) is 0. The van der Waals surface area contributed by atoms with Gasteiger partial charge in [0.15, 0.2) is 0 Å². The summed E-state index contributed by atoms with van der Waals surface area (Å²) in [5, 5.41) is 1.06. The molecule has 0 saturated carbocycles. The molecule has 0 fully saturated rings. The zero-order valence-electron chi connectivity index (χ0n) is 13.1. The zero-order chi connectivity index (χ0) is 15.1. The molecule has 0 radical (unpaired) electrons. The summed E-state index contributed by atoms with van der Waals surface area (Å²) in [6, 6.07) is 8.57. The first-order chi connectivity index (χ1) is 10.0. The maximum absolute atomic E-state index is 4.86. The molecule has 0 bridgehead atoms. The third-order valence-electron chi connectivity index (χ3n) is 3.96. The van der Waals surface area contributed by atoms with E-state index in [1.807, 2.05) is 7.05 Å². The van der Waals surface area contributed by atoms with Crippen LogP contribution in [0.3, 0.4) is 0 Å². The second-order valence-electron chi connectivity index (χ2n) is 5.48. The van der Waals surface area contributed by atoms with E-state index in [9.17, 15) is 0 Å². The van der Waals surface area contributed by atoms with Crippen LogP contribution in [-0.4, -0.2) is 26.1 Å². The monoisotopic (exact) mass is 297 g/mol. The summed E-state index contributed by atoms with van der Waals surface area (Å²) in [5.74, 6) is 0. The predicted molar refractivity (Wildman–Crippen MR) is 91.5 cm³/mol. The lowest BCUT2D eigenvalue weighted by molar-refractivity contribution is 1.13. The Balaban J connectivity index is 2.39. The highest BCUT2D eigenvalue weighted by Gasteiger charge is 2.13. The summed E-state index contributed by atoms with van der Waals surface area (Å²) < 4.78 is 1.21. The second-order valence-corrected chi connectivity index (χ2v) is 6.56. The van der Waals surface area contributed by atoms with E-state index in [0.29, 0.717) is 0 Å². The van der Waals surface area contributed by atoms with Crippen LogP contribution in [0.2, 0.25) is 0 Å². The molecule has 0 aromatic heterocycles. The molecule has 21 heavy (non-hydrogen) atoms. The van der Waals surface area contributed by atoms with E-state index in [0.717, 1.165) is 16.6 Å². The smallest absolute Gasteiger partial charge is 0.0843 e. The molecule has 108 valence electrons. The maximum atomic E-state index is 4.86. The van der Waals surface area contributed by atoms with E-state index in [1.54, 1.807) is 11.3 Å². The maximum Gasteiger partial charge on any atom is 0.0843 e. The van der Waals surface area contributed by atoms with E-state index < -0.39 is 0 Å². The molecule has 0 atom stereocenters. The van der Waals surface area contributed by atoms with Gasteiger partial charge in [-0.05, 0) is 49.2 Å². The summed E-state index contributed by atoms with van der Waals surface area (Å²) in [6.45, 7) is 4.24. The number of nitrogens with zero attached hydrogens (tertiary/aromatic N) is 3. The molecule has 0 unspecified atom stereocenters. The Morgan fingerprint density at radius 2 is 1.86 bits per heavy atom. The van der Waals surface area contributed by atoms with Crippen LogP contribution in [0, 0.1) is 13.8 Å². The van der Waals surface area contributed by atoms with E-state index in [2.05, 4.69) is 62.1 Å². The summed E-state index contributed by atoms with van der Waals surface area (Å²) in [4.78, 5) is 12.6. The van der Waals surface area contributed by atoms with Crippen LogP contribution in [-0.2, 0) is 0 Å². The van der Waals surface area contributed by atoms with Crippen LogP contribution in [0.5, 0.6) is 0 Å². The van der Waals surface area contributed by atoms with Crippen LogP contribution < -0.4 is 10.3 Å². The van der Waals surface area contributed by atoms with Crippen molar-refractivity contribution >= 4 is 27.2 Å². The van der Waals surface area contributed by atoms with Gasteiger partial charge in [-0.15, -0.1) is 11.3 Å². The van der Waals surface area contributed by atoms with Crippen LogP contribution in [0.1, 0.15) is 11.1 Å². The average Bonchev–Trinajstić information content (AvgIpc) is 2.48. The van der Waals surface area contributed by atoms with Crippen molar-refractivity contribution in [2.75, 3.05) is 26.0 Å². The van der Waals surface area contributed by atoms with Gasteiger partial charge in [0.2, 0.25) is 0 Å². The van der Waals surface area contributed by atoms with Gasteiger partial charge in [-0.2, -0.15) is 0 Å². The molecule has 1 aliphatic heterocycles. The zero-order valence-corrected chi connectivity index (χ0v) is 13.9. The third-order valence-corrected chi connectivity index (χ3v) is 5.03. The van der Waals surface area contributed by atoms with E-state index in [1.165, 1.54) is 26.4 Å². The molecule has 1 heterocycles. The number of aromatic nitrogens is 1. The van der Waals surface area contributed by atoms with Crippen LogP contribution in [0.15, 0.2) is 29.3 Å². The lowest BCUT2D eigenvalue weighted by atomic mass is 10.0. The highest BCUT2D eigenvalue weighted by Crippen LogP contribution is 2.34. The first kappa shape index (κ1) is 14.0. The molecule has 1 aromatic rings. The molecule has 0 saturated heterocycles. The highest BCUT2D eigenvalue weighted by atomic mass is 32.1. The van der Waals surface area contributed by atoms with E-state index in [-0.39, 0.29) is 0 Å². The fourth-order valence-corrected chi connectivity index (χ4v) is 3.60. The van der Waals surface area contributed by atoms with Crippen molar-refractivity contribution in [3.63, 3.8) is 0 Å².